The third-order valence-electron chi connectivity index (χ3n) is 2.79. The Balaban J connectivity index is 1.72. The Bertz CT molecular complexity index is 145. The van der Waals surface area contributed by atoms with E-state index in [0.717, 1.165) is 12.1 Å². The Hall–Kier alpha value is 0.270. The lowest BCUT2D eigenvalue weighted by Crippen LogP contribution is -2.39. The van der Waals surface area contributed by atoms with Crippen LogP contribution in [0.1, 0.15) is 12.8 Å². The molecule has 3 heteroatoms. The monoisotopic (exact) mass is 186 g/mol. The van der Waals surface area contributed by atoms with Crippen molar-refractivity contribution in [1.29, 1.82) is 0 Å². The average Bonchev–Trinajstić information content (AvgIpc) is 2.63. The molecule has 0 radical (unpaired) electrons. The van der Waals surface area contributed by atoms with Crippen LogP contribution in [0.4, 0.5) is 0 Å². The zero-order chi connectivity index (χ0) is 8.39. The fourth-order valence-electron chi connectivity index (χ4n) is 2.07. The highest BCUT2D eigenvalue weighted by molar-refractivity contribution is 7.99. The number of hydrogen-bond donors (Lipinski definition) is 1. The first-order chi connectivity index (χ1) is 5.84. The summed E-state index contributed by atoms with van der Waals surface area (Å²) in [6, 6.07) is 1.59. The van der Waals surface area contributed by atoms with Crippen LogP contribution in [0.25, 0.3) is 0 Å². The molecule has 2 fully saturated rings. The van der Waals surface area contributed by atoms with Gasteiger partial charge in [-0.15, -0.1) is 0 Å². The van der Waals surface area contributed by atoms with Gasteiger partial charge in [0.05, 0.1) is 0 Å². The second-order valence-corrected chi connectivity index (χ2v) is 5.12. The van der Waals surface area contributed by atoms with Gasteiger partial charge < -0.3 is 10.2 Å². The minimum Gasteiger partial charge on any atom is -0.309 e. The van der Waals surface area contributed by atoms with Gasteiger partial charge in [-0.25, -0.2) is 0 Å². The third-order valence-corrected chi connectivity index (χ3v) is 3.95. The van der Waals surface area contributed by atoms with Gasteiger partial charge in [0.25, 0.3) is 0 Å². The van der Waals surface area contributed by atoms with Gasteiger partial charge in [0.1, 0.15) is 0 Å². The standard InChI is InChI=1S/C9H18N2S/c1-11-4-2-8(6-11)10-9-3-5-12-7-9/h8-10H,2-7H2,1H3/t8-,9-/m1/s1. The second-order valence-electron chi connectivity index (χ2n) is 3.98. The summed E-state index contributed by atoms with van der Waals surface area (Å²) in [5, 5.41) is 3.75. The maximum atomic E-state index is 3.75. The fraction of sp³-hybridized carbons (Fsp3) is 1.00. The highest BCUT2D eigenvalue weighted by Gasteiger charge is 2.23. The van der Waals surface area contributed by atoms with Crippen LogP contribution in [-0.4, -0.2) is 48.6 Å². The predicted molar refractivity (Wildman–Crippen MR) is 54.8 cm³/mol. The van der Waals surface area contributed by atoms with E-state index >= 15 is 0 Å². The van der Waals surface area contributed by atoms with Crippen LogP contribution < -0.4 is 5.32 Å². The number of thioether (sulfide) groups is 1. The van der Waals surface area contributed by atoms with Crippen molar-refractivity contribution in [3.05, 3.63) is 0 Å². The maximum absolute atomic E-state index is 3.75. The largest absolute Gasteiger partial charge is 0.309 e. The van der Waals surface area contributed by atoms with Gasteiger partial charge in [-0.3, -0.25) is 0 Å². The smallest absolute Gasteiger partial charge is 0.0209 e. The van der Waals surface area contributed by atoms with Crippen molar-refractivity contribution in [2.45, 2.75) is 24.9 Å². The summed E-state index contributed by atoms with van der Waals surface area (Å²) in [6.45, 7) is 2.53. The summed E-state index contributed by atoms with van der Waals surface area (Å²) in [5.41, 5.74) is 0. The topological polar surface area (TPSA) is 15.3 Å². The molecule has 70 valence electrons. The zero-order valence-electron chi connectivity index (χ0n) is 7.75. The van der Waals surface area contributed by atoms with E-state index in [1.165, 1.54) is 37.4 Å². The number of hydrogen-bond acceptors (Lipinski definition) is 3. The van der Waals surface area contributed by atoms with E-state index < -0.39 is 0 Å². The summed E-state index contributed by atoms with van der Waals surface area (Å²) in [6.07, 6.45) is 2.72. The SMILES string of the molecule is CN1CC[C@@H](N[C@@H]2CCSC2)C1. The Morgan fingerprint density at radius 1 is 1.33 bits per heavy atom. The molecule has 12 heavy (non-hydrogen) atoms. The average molecular weight is 186 g/mol. The van der Waals surface area contributed by atoms with Crippen LogP contribution in [-0.2, 0) is 0 Å². The number of nitrogens with zero attached hydrogens (tertiary/aromatic N) is 1. The second kappa shape index (κ2) is 3.99. The van der Waals surface area contributed by atoms with Crippen LogP contribution in [0, 0.1) is 0 Å². The molecule has 2 aliphatic rings. The molecule has 2 aliphatic heterocycles. The van der Waals surface area contributed by atoms with Crippen molar-refractivity contribution in [3.63, 3.8) is 0 Å². The molecule has 0 amide bonds. The van der Waals surface area contributed by atoms with Crippen LogP contribution >= 0.6 is 11.8 Å². The van der Waals surface area contributed by atoms with E-state index in [9.17, 15) is 0 Å². The summed E-state index contributed by atoms with van der Waals surface area (Å²) in [5.74, 6) is 2.69. The number of likely N-dealkylation sites (tertiary alicyclic amines) is 1. The lowest BCUT2D eigenvalue weighted by molar-refractivity contribution is 0.386. The van der Waals surface area contributed by atoms with Crippen molar-refractivity contribution in [3.8, 4) is 0 Å². The quantitative estimate of drug-likeness (QED) is 0.686. The highest BCUT2D eigenvalue weighted by Crippen LogP contribution is 2.19. The van der Waals surface area contributed by atoms with Gasteiger partial charge in [0.2, 0.25) is 0 Å². The predicted octanol–water partition coefficient (Wildman–Crippen LogP) is 0.786. The summed E-state index contributed by atoms with van der Waals surface area (Å²) in [7, 11) is 2.21. The molecule has 2 heterocycles. The molecule has 0 aliphatic carbocycles. The van der Waals surface area contributed by atoms with Gasteiger partial charge in [-0.1, -0.05) is 0 Å². The molecule has 0 spiro atoms. The molecule has 2 rings (SSSR count). The molecule has 0 aromatic heterocycles. The van der Waals surface area contributed by atoms with E-state index in [-0.39, 0.29) is 0 Å². The first-order valence-corrected chi connectivity index (χ1v) is 6.02. The van der Waals surface area contributed by atoms with E-state index in [1.54, 1.807) is 0 Å². The fourth-order valence-corrected chi connectivity index (χ4v) is 3.24. The number of nitrogens with one attached hydrogen (secondary N) is 1. The molecule has 0 aromatic rings. The Kier molecular flexibility index (Phi) is 2.94. The number of likely N-dealkylation sites (N-methyl/N-ethyl adjacent to an activating group) is 1. The third kappa shape index (κ3) is 2.15. The summed E-state index contributed by atoms with van der Waals surface area (Å²) >= 11 is 2.09. The molecule has 0 bridgehead atoms. The van der Waals surface area contributed by atoms with Gasteiger partial charge in [-0.05, 0) is 32.2 Å². The molecule has 2 atom stereocenters. The van der Waals surface area contributed by atoms with E-state index in [1.807, 2.05) is 0 Å². The van der Waals surface area contributed by atoms with Gasteiger partial charge in [0, 0.05) is 24.4 Å². The van der Waals surface area contributed by atoms with Crippen molar-refractivity contribution in [2.24, 2.45) is 0 Å². The van der Waals surface area contributed by atoms with Crippen LogP contribution in [0.5, 0.6) is 0 Å². The summed E-state index contributed by atoms with van der Waals surface area (Å²) in [4.78, 5) is 2.42. The van der Waals surface area contributed by atoms with E-state index in [0.29, 0.717) is 0 Å². The lowest BCUT2D eigenvalue weighted by atomic mass is 10.2. The van der Waals surface area contributed by atoms with E-state index in [4.69, 9.17) is 0 Å². The van der Waals surface area contributed by atoms with Gasteiger partial charge in [0.15, 0.2) is 0 Å². The molecular formula is C9H18N2S. The van der Waals surface area contributed by atoms with Crippen molar-refractivity contribution in [2.75, 3.05) is 31.6 Å². The lowest BCUT2D eigenvalue weighted by Gasteiger charge is -2.17. The van der Waals surface area contributed by atoms with Gasteiger partial charge >= 0.3 is 0 Å². The maximum Gasteiger partial charge on any atom is 0.0209 e. The zero-order valence-corrected chi connectivity index (χ0v) is 8.57. The Morgan fingerprint density at radius 2 is 2.25 bits per heavy atom. The summed E-state index contributed by atoms with van der Waals surface area (Å²) < 4.78 is 0. The number of rotatable bonds is 2. The Labute approximate surface area is 79.1 Å². The Morgan fingerprint density at radius 3 is 2.83 bits per heavy atom. The van der Waals surface area contributed by atoms with Crippen LogP contribution in [0.2, 0.25) is 0 Å². The van der Waals surface area contributed by atoms with Crippen molar-refractivity contribution in [1.82, 2.24) is 10.2 Å². The molecule has 0 unspecified atom stereocenters. The minimum atomic E-state index is 0.777. The molecule has 0 saturated carbocycles. The molecule has 2 nitrogen and oxygen atoms in total. The molecule has 2 saturated heterocycles. The van der Waals surface area contributed by atoms with Crippen LogP contribution in [0.3, 0.4) is 0 Å². The normalized spacial score (nSPS) is 37.8. The van der Waals surface area contributed by atoms with Crippen molar-refractivity contribution < 1.29 is 0 Å². The highest BCUT2D eigenvalue weighted by atomic mass is 32.2. The minimum absolute atomic E-state index is 0.777. The molecular weight excluding hydrogens is 168 g/mol. The van der Waals surface area contributed by atoms with Crippen molar-refractivity contribution >= 4 is 11.8 Å². The first-order valence-electron chi connectivity index (χ1n) is 4.87. The van der Waals surface area contributed by atoms with Gasteiger partial charge in [-0.2, -0.15) is 11.8 Å². The molecule has 0 aromatic carbocycles. The van der Waals surface area contributed by atoms with Crippen LogP contribution in [0.15, 0.2) is 0 Å². The van der Waals surface area contributed by atoms with E-state index in [2.05, 4.69) is 29.0 Å². The molecule has 1 N–H and O–H groups in total. The first kappa shape index (κ1) is 8.85.